The molecule has 0 bridgehead atoms. The van der Waals surface area contributed by atoms with E-state index in [1.807, 2.05) is 30.3 Å². The molecule has 1 N–H and O–H groups in total. The van der Waals surface area contributed by atoms with Crippen LogP contribution >= 0.6 is 11.6 Å². The number of nitrogens with one attached hydrogen (secondary N) is 1. The summed E-state index contributed by atoms with van der Waals surface area (Å²) in [5, 5.41) is 7.33. The van der Waals surface area contributed by atoms with Crippen molar-refractivity contribution < 1.29 is 0 Å². The third-order valence-electron chi connectivity index (χ3n) is 1.66. The molecule has 0 fully saturated rings. The summed E-state index contributed by atoms with van der Waals surface area (Å²) in [6.07, 6.45) is 1.60. The molecule has 0 atom stereocenters. The number of benzene rings is 1. The lowest BCUT2D eigenvalue weighted by Gasteiger charge is -1.95. The third-order valence-corrected chi connectivity index (χ3v) is 1.94. The van der Waals surface area contributed by atoms with Crippen molar-refractivity contribution in [2.45, 2.75) is 0 Å². The monoisotopic (exact) mass is 178 g/mol. The smallest absolute Gasteiger partial charge is 0.0862 e. The highest BCUT2D eigenvalue weighted by Gasteiger charge is 2.02. The molecular formula is C9H7ClN2. The Hall–Kier alpha value is -1.28. The molecule has 60 valence electrons. The zero-order valence-corrected chi connectivity index (χ0v) is 7.05. The molecule has 0 aliphatic heterocycles. The molecule has 12 heavy (non-hydrogen) atoms. The second-order valence-corrected chi connectivity index (χ2v) is 2.87. The average molecular weight is 179 g/mol. The lowest BCUT2D eigenvalue weighted by atomic mass is 10.2. The molecule has 0 saturated heterocycles. The zero-order chi connectivity index (χ0) is 8.39. The van der Waals surface area contributed by atoms with Crippen LogP contribution in [0.25, 0.3) is 11.3 Å². The molecule has 0 spiro atoms. The van der Waals surface area contributed by atoms with Gasteiger partial charge in [0.25, 0.3) is 0 Å². The Morgan fingerprint density at radius 3 is 2.50 bits per heavy atom. The second kappa shape index (κ2) is 2.99. The lowest BCUT2D eigenvalue weighted by molar-refractivity contribution is 1.10. The zero-order valence-electron chi connectivity index (χ0n) is 6.29. The van der Waals surface area contributed by atoms with Crippen LogP contribution in [-0.2, 0) is 0 Å². The third kappa shape index (κ3) is 1.21. The van der Waals surface area contributed by atoms with Gasteiger partial charge in [-0.15, -0.1) is 0 Å². The summed E-state index contributed by atoms with van der Waals surface area (Å²) >= 11 is 5.88. The summed E-state index contributed by atoms with van der Waals surface area (Å²) < 4.78 is 0. The van der Waals surface area contributed by atoms with Crippen LogP contribution in [0.5, 0.6) is 0 Å². The Bertz CT molecular complexity index is 367. The van der Waals surface area contributed by atoms with Crippen LogP contribution in [-0.4, -0.2) is 10.2 Å². The molecule has 1 heterocycles. The standard InChI is InChI=1S/C9H7ClN2/c10-8-6-11-12-9(8)7-4-2-1-3-5-7/h1-6H,(H,11,12). The van der Waals surface area contributed by atoms with Gasteiger partial charge in [-0.3, -0.25) is 5.10 Å². The van der Waals surface area contributed by atoms with Gasteiger partial charge in [0, 0.05) is 5.56 Å². The van der Waals surface area contributed by atoms with Crippen molar-refractivity contribution in [2.75, 3.05) is 0 Å². The fourth-order valence-electron chi connectivity index (χ4n) is 1.08. The molecule has 2 rings (SSSR count). The maximum absolute atomic E-state index is 5.88. The molecule has 0 aliphatic carbocycles. The van der Waals surface area contributed by atoms with Crippen LogP contribution in [0.2, 0.25) is 5.02 Å². The minimum absolute atomic E-state index is 0.654. The van der Waals surface area contributed by atoms with E-state index in [2.05, 4.69) is 10.2 Å². The molecule has 0 amide bonds. The average Bonchev–Trinajstić information content (AvgIpc) is 2.53. The van der Waals surface area contributed by atoms with Gasteiger partial charge in [0.2, 0.25) is 0 Å². The normalized spacial score (nSPS) is 10.1. The molecule has 1 aromatic heterocycles. The van der Waals surface area contributed by atoms with Gasteiger partial charge < -0.3 is 0 Å². The summed E-state index contributed by atoms with van der Waals surface area (Å²) in [6.45, 7) is 0. The number of hydrogen-bond donors (Lipinski definition) is 1. The molecule has 0 unspecified atom stereocenters. The van der Waals surface area contributed by atoms with E-state index < -0.39 is 0 Å². The van der Waals surface area contributed by atoms with Crippen molar-refractivity contribution >= 4 is 11.6 Å². The summed E-state index contributed by atoms with van der Waals surface area (Å²) in [4.78, 5) is 0. The fourth-order valence-corrected chi connectivity index (χ4v) is 1.28. The summed E-state index contributed by atoms with van der Waals surface area (Å²) in [5.74, 6) is 0. The topological polar surface area (TPSA) is 28.7 Å². The number of halogens is 1. The highest BCUT2D eigenvalue weighted by Crippen LogP contribution is 2.23. The second-order valence-electron chi connectivity index (χ2n) is 2.46. The Kier molecular flexibility index (Phi) is 1.84. The highest BCUT2D eigenvalue weighted by molar-refractivity contribution is 6.32. The molecule has 1 aromatic carbocycles. The van der Waals surface area contributed by atoms with E-state index in [1.54, 1.807) is 6.20 Å². The van der Waals surface area contributed by atoms with Crippen LogP contribution in [0.1, 0.15) is 0 Å². The van der Waals surface area contributed by atoms with Crippen LogP contribution in [0.15, 0.2) is 36.5 Å². The van der Waals surface area contributed by atoms with Crippen LogP contribution in [0.3, 0.4) is 0 Å². The van der Waals surface area contributed by atoms with Gasteiger partial charge in [-0.1, -0.05) is 41.9 Å². The number of aromatic nitrogens is 2. The van der Waals surface area contributed by atoms with Gasteiger partial charge in [-0.2, -0.15) is 5.10 Å². The number of H-pyrrole nitrogens is 1. The number of aromatic amines is 1. The Morgan fingerprint density at radius 1 is 1.17 bits per heavy atom. The van der Waals surface area contributed by atoms with E-state index in [-0.39, 0.29) is 0 Å². The van der Waals surface area contributed by atoms with E-state index in [4.69, 9.17) is 11.6 Å². The SMILES string of the molecule is Clc1cn[nH]c1-c1ccccc1. The van der Waals surface area contributed by atoms with Crippen molar-refractivity contribution in [2.24, 2.45) is 0 Å². The number of hydrogen-bond acceptors (Lipinski definition) is 1. The van der Waals surface area contributed by atoms with Crippen molar-refractivity contribution in [3.63, 3.8) is 0 Å². The first kappa shape index (κ1) is 7.37. The van der Waals surface area contributed by atoms with Crippen LogP contribution < -0.4 is 0 Å². The van der Waals surface area contributed by atoms with Gasteiger partial charge in [0.1, 0.15) is 0 Å². The number of nitrogens with zero attached hydrogens (tertiary/aromatic N) is 1. The largest absolute Gasteiger partial charge is 0.276 e. The van der Waals surface area contributed by atoms with Gasteiger partial charge >= 0.3 is 0 Å². The lowest BCUT2D eigenvalue weighted by Crippen LogP contribution is -1.76. The summed E-state index contributed by atoms with van der Waals surface area (Å²) in [7, 11) is 0. The maximum Gasteiger partial charge on any atom is 0.0862 e. The van der Waals surface area contributed by atoms with Gasteiger partial charge in [-0.25, -0.2) is 0 Å². The predicted octanol–water partition coefficient (Wildman–Crippen LogP) is 2.73. The molecular weight excluding hydrogens is 172 g/mol. The quantitative estimate of drug-likeness (QED) is 0.715. The predicted molar refractivity (Wildman–Crippen MR) is 49.0 cm³/mol. The first-order valence-electron chi connectivity index (χ1n) is 3.62. The van der Waals surface area contributed by atoms with Crippen molar-refractivity contribution in [1.29, 1.82) is 0 Å². The summed E-state index contributed by atoms with van der Waals surface area (Å²) in [5.41, 5.74) is 1.93. The first-order chi connectivity index (χ1) is 5.88. The molecule has 3 heteroatoms. The Labute approximate surface area is 75.2 Å². The van der Waals surface area contributed by atoms with E-state index in [0.29, 0.717) is 5.02 Å². The van der Waals surface area contributed by atoms with Gasteiger partial charge in [0.05, 0.1) is 16.9 Å². The fraction of sp³-hybridized carbons (Fsp3) is 0. The molecule has 2 aromatic rings. The van der Waals surface area contributed by atoms with Crippen molar-refractivity contribution in [3.05, 3.63) is 41.6 Å². The van der Waals surface area contributed by atoms with Crippen molar-refractivity contribution in [3.8, 4) is 11.3 Å². The van der Waals surface area contributed by atoms with E-state index >= 15 is 0 Å². The highest BCUT2D eigenvalue weighted by atomic mass is 35.5. The van der Waals surface area contributed by atoms with Gasteiger partial charge in [0.15, 0.2) is 0 Å². The minimum atomic E-state index is 0.654. The van der Waals surface area contributed by atoms with Crippen LogP contribution in [0, 0.1) is 0 Å². The van der Waals surface area contributed by atoms with E-state index in [1.165, 1.54) is 0 Å². The molecule has 0 aliphatic rings. The van der Waals surface area contributed by atoms with Crippen molar-refractivity contribution in [1.82, 2.24) is 10.2 Å². The van der Waals surface area contributed by atoms with Crippen LogP contribution in [0.4, 0.5) is 0 Å². The Balaban J connectivity index is 2.51. The van der Waals surface area contributed by atoms with E-state index in [9.17, 15) is 0 Å². The minimum Gasteiger partial charge on any atom is -0.276 e. The molecule has 0 radical (unpaired) electrons. The number of rotatable bonds is 1. The van der Waals surface area contributed by atoms with E-state index in [0.717, 1.165) is 11.3 Å². The summed E-state index contributed by atoms with van der Waals surface area (Å²) in [6, 6.07) is 9.87. The maximum atomic E-state index is 5.88. The first-order valence-corrected chi connectivity index (χ1v) is 4.00. The molecule has 0 saturated carbocycles. The molecule has 2 nitrogen and oxygen atoms in total. The van der Waals surface area contributed by atoms with Gasteiger partial charge in [-0.05, 0) is 0 Å². The Morgan fingerprint density at radius 2 is 1.92 bits per heavy atom.